The van der Waals surface area contributed by atoms with Crippen LogP contribution < -0.4 is 10.2 Å². The van der Waals surface area contributed by atoms with Crippen LogP contribution in [0.2, 0.25) is 0 Å². The van der Waals surface area contributed by atoms with Crippen LogP contribution in [0.3, 0.4) is 0 Å². The van der Waals surface area contributed by atoms with Gasteiger partial charge in [-0.25, -0.2) is 9.78 Å². The predicted molar refractivity (Wildman–Crippen MR) is 112 cm³/mol. The molecule has 150 valence electrons. The summed E-state index contributed by atoms with van der Waals surface area (Å²) in [5.74, 6) is 1.54. The number of anilines is 2. The highest BCUT2D eigenvalue weighted by molar-refractivity contribution is 5.68. The summed E-state index contributed by atoms with van der Waals surface area (Å²) in [7, 11) is 0. The summed E-state index contributed by atoms with van der Waals surface area (Å²) in [5.41, 5.74) is 1.97. The Morgan fingerprint density at radius 3 is 2.54 bits per heavy atom. The quantitative estimate of drug-likeness (QED) is 0.736. The number of aromatic nitrogens is 2. The van der Waals surface area contributed by atoms with Gasteiger partial charge in [0.25, 0.3) is 0 Å². The second-order valence-electron chi connectivity index (χ2n) is 6.76. The third-order valence-electron chi connectivity index (χ3n) is 4.71. The standard InChI is InChI=1S/C21H29N5O2/c1-3-5-11-22-19-16-18(17-9-7-6-8-10-17)23-20(24-19)25-12-14-26(15-13-25)21(27)28-4-2/h6-10,16H,3-5,11-15H2,1-2H3,(H,22,23,24). The van der Waals surface area contributed by atoms with Crippen molar-refractivity contribution in [1.82, 2.24) is 14.9 Å². The van der Waals surface area contributed by atoms with E-state index in [1.807, 2.05) is 31.2 Å². The highest BCUT2D eigenvalue weighted by Gasteiger charge is 2.24. The van der Waals surface area contributed by atoms with Gasteiger partial charge in [-0.3, -0.25) is 0 Å². The maximum atomic E-state index is 11.9. The topological polar surface area (TPSA) is 70.6 Å². The van der Waals surface area contributed by atoms with Crippen molar-refractivity contribution in [3.63, 3.8) is 0 Å². The number of hydrogen-bond acceptors (Lipinski definition) is 6. The summed E-state index contributed by atoms with van der Waals surface area (Å²) in [5, 5.41) is 3.42. The first-order valence-electron chi connectivity index (χ1n) is 10.1. The third-order valence-corrected chi connectivity index (χ3v) is 4.71. The van der Waals surface area contributed by atoms with E-state index in [-0.39, 0.29) is 6.09 Å². The van der Waals surface area contributed by atoms with Crippen LogP contribution in [0.5, 0.6) is 0 Å². The summed E-state index contributed by atoms with van der Waals surface area (Å²) in [6, 6.07) is 12.1. The van der Waals surface area contributed by atoms with Crippen LogP contribution in [0.4, 0.5) is 16.6 Å². The maximum Gasteiger partial charge on any atom is 0.409 e. The molecular formula is C21H29N5O2. The lowest BCUT2D eigenvalue weighted by atomic mass is 10.1. The first-order valence-corrected chi connectivity index (χ1v) is 10.1. The van der Waals surface area contributed by atoms with Crippen LogP contribution in [0.1, 0.15) is 26.7 Å². The van der Waals surface area contributed by atoms with E-state index in [0.29, 0.717) is 38.7 Å². The highest BCUT2D eigenvalue weighted by Crippen LogP contribution is 2.23. The number of piperazine rings is 1. The molecule has 0 saturated carbocycles. The number of benzene rings is 1. The third kappa shape index (κ3) is 5.12. The molecule has 1 aromatic carbocycles. The molecule has 7 nitrogen and oxygen atoms in total. The molecule has 0 radical (unpaired) electrons. The van der Waals surface area contributed by atoms with Crippen LogP contribution >= 0.6 is 0 Å². The summed E-state index contributed by atoms with van der Waals surface area (Å²) in [4.78, 5) is 25.3. The predicted octanol–water partition coefficient (Wildman–Crippen LogP) is 3.63. The minimum Gasteiger partial charge on any atom is -0.450 e. The van der Waals surface area contributed by atoms with E-state index in [9.17, 15) is 4.79 Å². The summed E-state index contributed by atoms with van der Waals surface area (Å²) in [6.07, 6.45) is 1.98. The largest absolute Gasteiger partial charge is 0.450 e. The molecule has 1 fully saturated rings. The van der Waals surface area contributed by atoms with E-state index in [1.54, 1.807) is 4.90 Å². The Balaban J connectivity index is 1.78. The van der Waals surface area contributed by atoms with Gasteiger partial charge in [0, 0.05) is 44.4 Å². The number of ether oxygens (including phenoxy) is 1. The second kappa shape index (κ2) is 9.92. The Morgan fingerprint density at radius 2 is 1.86 bits per heavy atom. The van der Waals surface area contributed by atoms with E-state index in [1.165, 1.54) is 0 Å². The van der Waals surface area contributed by atoms with Gasteiger partial charge in [-0.05, 0) is 13.3 Å². The molecule has 1 N–H and O–H groups in total. The number of nitrogens with zero attached hydrogens (tertiary/aromatic N) is 4. The number of hydrogen-bond donors (Lipinski definition) is 1. The van der Waals surface area contributed by atoms with Crippen molar-refractivity contribution >= 4 is 17.9 Å². The van der Waals surface area contributed by atoms with Gasteiger partial charge in [-0.15, -0.1) is 0 Å². The molecule has 0 aliphatic carbocycles. The lowest BCUT2D eigenvalue weighted by Gasteiger charge is -2.34. The zero-order chi connectivity index (χ0) is 19.8. The van der Waals surface area contributed by atoms with Crippen LogP contribution in [0.25, 0.3) is 11.3 Å². The highest BCUT2D eigenvalue weighted by atomic mass is 16.6. The number of amides is 1. The molecule has 1 aliphatic rings. The Labute approximate surface area is 166 Å². The number of carbonyl (C=O) groups excluding carboxylic acids is 1. The van der Waals surface area contributed by atoms with Gasteiger partial charge >= 0.3 is 6.09 Å². The number of carbonyl (C=O) groups is 1. The van der Waals surface area contributed by atoms with E-state index < -0.39 is 0 Å². The van der Waals surface area contributed by atoms with Crippen molar-refractivity contribution in [3.8, 4) is 11.3 Å². The Kier molecular flexibility index (Phi) is 7.06. The van der Waals surface area contributed by atoms with E-state index in [2.05, 4.69) is 29.3 Å². The average molecular weight is 383 g/mol. The van der Waals surface area contributed by atoms with Crippen LogP contribution in [-0.2, 0) is 4.74 Å². The molecule has 2 aromatic rings. The average Bonchev–Trinajstić information content (AvgIpc) is 2.75. The first kappa shape index (κ1) is 19.9. The zero-order valence-electron chi connectivity index (χ0n) is 16.7. The zero-order valence-corrected chi connectivity index (χ0v) is 16.7. The Morgan fingerprint density at radius 1 is 1.11 bits per heavy atom. The lowest BCUT2D eigenvalue weighted by Crippen LogP contribution is -2.49. The fourth-order valence-electron chi connectivity index (χ4n) is 3.12. The monoisotopic (exact) mass is 383 g/mol. The normalized spacial score (nSPS) is 14.1. The molecule has 0 atom stereocenters. The number of rotatable bonds is 7. The maximum absolute atomic E-state index is 11.9. The van der Waals surface area contributed by atoms with Crippen molar-refractivity contribution in [2.75, 3.05) is 49.5 Å². The van der Waals surface area contributed by atoms with Gasteiger partial charge in [-0.1, -0.05) is 43.7 Å². The molecule has 3 rings (SSSR count). The molecule has 1 aliphatic heterocycles. The van der Waals surface area contributed by atoms with Gasteiger partial charge < -0.3 is 19.9 Å². The molecule has 1 saturated heterocycles. The second-order valence-corrected chi connectivity index (χ2v) is 6.76. The minimum absolute atomic E-state index is 0.247. The van der Waals surface area contributed by atoms with Crippen molar-refractivity contribution in [1.29, 1.82) is 0 Å². The van der Waals surface area contributed by atoms with Crippen LogP contribution in [-0.4, -0.2) is 60.3 Å². The van der Waals surface area contributed by atoms with Crippen LogP contribution in [0, 0.1) is 0 Å². The van der Waals surface area contributed by atoms with E-state index in [4.69, 9.17) is 14.7 Å². The smallest absolute Gasteiger partial charge is 0.409 e. The fourth-order valence-corrected chi connectivity index (χ4v) is 3.12. The number of unbranched alkanes of at least 4 members (excludes halogenated alkanes) is 1. The molecule has 28 heavy (non-hydrogen) atoms. The van der Waals surface area contributed by atoms with Gasteiger partial charge in [0.1, 0.15) is 5.82 Å². The van der Waals surface area contributed by atoms with E-state index in [0.717, 1.165) is 36.5 Å². The molecule has 1 amide bonds. The van der Waals surface area contributed by atoms with Gasteiger partial charge in [0.05, 0.1) is 12.3 Å². The summed E-state index contributed by atoms with van der Waals surface area (Å²) < 4.78 is 5.10. The molecule has 2 heterocycles. The lowest BCUT2D eigenvalue weighted by molar-refractivity contribution is 0.105. The Hall–Kier alpha value is -2.83. The summed E-state index contributed by atoms with van der Waals surface area (Å²) in [6.45, 7) is 7.87. The van der Waals surface area contributed by atoms with Crippen molar-refractivity contribution < 1.29 is 9.53 Å². The van der Waals surface area contributed by atoms with Crippen molar-refractivity contribution in [2.45, 2.75) is 26.7 Å². The van der Waals surface area contributed by atoms with Gasteiger partial charge in [0.2, 0.25) is 5.95 Å². The molecule has 0 bridgehead atoms. The first-order chi connectivity index (χ1) is 13.7. The molecule has 7 heteroatoms. The molecule has 1 aromatic heterocycles. The van der Waals surface area contributed by atoms with Gasteiger partial charge in [0.15, 0.2) is 0 Å². The van der Waals surface area contributed by atoms with Crippen molar-refractivity contribution in [3.05, 3.63) is 36.4 Å². The minimum atomic E-state index is -0.247. The molecule has 0 spiro atoms. The van der Waals surface area contributed by atoms with E-state index >= 15 is 0 Å². The number of nitrogens with one attached hydrogen (secondary N) is 1. The SMILES string of the molecule is CCCCNc1cc(-c2ccccc2)nc(N2CCN(C(=O)OCC)CC2)n1. The summed E-state index contributed by atoms with van der Waals surface area (Å²) >= 11 is 0. The Bertz CT molecular complexity index is 761. The fraction of sp³-hybridized carbons (Fsp3) is 0.476. The molecular weight excluding hydrogens is 354 g/mol. The molecule has 0 unspecified atom stereocenters. The van der Waals surface area contributed by atoms with Crippen LogP contribution in [0.15, 0.2) is 36.4 Å². The van der Waals surface area contributed by atoms with Crippen molar-refractivity contribution in [2.24, 2.45) is 0 Å². The van der Waals surface area contributed by atoms with Gasteiger partial charge in [-0.2, -0.15) is 4.98 Å².